The van der Waals surface area contributed by atoms with Gasteiger partial charge in [-0.25, -0.2) is 4.98 Å². The lowest BCUT2D eigenvalue weighted by atomic mass is 10.1. The van der Waals surface area contributed by atoms with E-state index in [1.807, 2.05) is 6.92 Å². The van der Waals surface area contributed by atoms with Crippen LogP contribution in [0.3, 0.4) is 0 Å². The second kappa shape index (κ2) is 8.09. The topological polar surface area (TPSA) is 138 Å². The van der Waals surface area contributed by atoms with Crippen LogP contribution in [-0.4, -0.2) is 26.1 Å². The number of carboxylic acids is 1. The SMILES string of the molecule is CCc1nc(S/C(=C/c2ccc(-c3ccc(C)cc3[N+](=O)[O-])o2)C(=O)[O-])n[nH]1. The molecule has 1 N–H and O–H groups in total. The summed E-state index contributed by atoms with van der Waals surface area (Å²) in [6, 6.07) is 7.84. The minimum absolute atomic E-state index is 0.0906. The van der Waals surface area contributed by atoms with Crippen molar-refractivity contribution in [3.63, 3.8) is 0 Å². The van der Waals surface area contributed by atoms with Gasteiger partial charge in [0, 0.05) is 17.4 Å². The lowest BCUT2D eigenvalue weighted by Crippen LogP contribution is -2.23. The molecule has 2 aromatic heterocycles. The Balaban J connectivity index is 1.91. The molecule has 9 nitrogen and oxygen atoms in total. The molecule has 28 heavy (non-hydrogen) atoms. The van der Waals surface area contributed by atoms with E-state index in [9.17, 15) is 20.0 Å². The number of benzene rings is 1. The summed E-state index contributed by atoms with van der Waals surface area (Å²) in [5.41, 5.74) is 0.961. The van der Waals surface area contributed by atoms with Crippen LogP contribution in [0.25, 0.3) is 17.4 Å². The van der Waals surface area contributed by atoms with Crippen LogP contribution in [0.15, 0.2) is 44.8 Å². The third-order valence-electron chi connectivity index (χ3n) is 3.76. The largest absolute Gasteiger partial charge is 0.544 e. The van der Waals surface area contributed by atoms with Crippen LogP contribution in [-0.2, 0) is 11.2 Å². The highest BCUT2D eigenvalue weighted by molar-refractivity contribution is 8.04. The lowest BCUT2D eigenvalue weighted by Gasteiger charge is -2.04. The quantitative estimate of drug-likeness (QED) is 0.277. The predicted octanol–water partition coefficient (Wildman–Crippen LogP) is 2.73. The van der Waals surface area contributed by atoms with E-state index >= 15 is 0 Å². The molecule has 0 radical (unpaired) electrons. The second-order valence-electron chi connectivity index (χ2n) is 5.80. The van der Waals surface area contributed by atoms with E-state index in [0.29, 0.717) is 17.8 Å². The molecule has 1 aromatic carbocycles. The summed E-state index contributed by atoms with van der Waals surface area (Å²) in [5, 5.41) is 29.6. The third-order valence-corrected chi connectivity index (χ3v) is 4.63. The Morgan fingerprint density at radius 1 is 1.36 bits per heavy atom. The van der Waals surface area contributed by atoms with Crippen molar-refractivity contribution in [2.75, 3.05) is 0 Å². The fourth-order valence-electron chi connectivity index (χ4n) is 2.42. The summed E-state index contributed by atoms with van der Waals surface area (Å²) >= 11 is 0.820. The number of carbonyl (C=O) groups excluding carboxylic acids is 1. The van der Waals surface area contributed by atoms with Crippen molar-refractivity contribution in [1.82, 2.24) is 15.2 Å². The average Bonchev–Trinajstić information content (AvgIpc) is 3.30. The zero-order valence-electron chi connectivity index (χ0n) is 15.0. The molecule has 10 heteroatoms. The van der Waals surface area contributed by atoms with Crippen LogP contribution >= 0.6 is 11.8 Å². The Labute approximate surface area is 163 Å². The molecule has 0 amide bonds. The van der Waals surface area contributed by atoms with Gasteiger partial charge < -0.3 is 14.3 Å². The summed E-state index contributed by atoms with van der Waals surface area (Å²) in [5.74, 6) is -0.311. The minimum Gasteiger partial charge on any atom is -0.544 e. The molecular weight excluding hydrogens is 384 g/mol. The number of nitro benzene ring substituents is 1. The van der Waals surface area contributed by atoms with Gasteiger partial charge >= 0.3 is 0 Å². The van der Waals surface area contributed by atoms with Gasteiger partial charge in [-0.15, -0.1) is 5.10 Å². The molecule has 144 valence electrons. The van der Waals surface area contributed by atoms with Gasteiger partial charge in [0.25, 0.3) is 5.69 Å². The standard InChI is InChI=1S/C18H16N4O5S/c1-3-16-19-18(21-20-16)28-15(17(23)24)9-11-5-7-14(27-11)12-6-4-10(2)8-13(12)22(25)26/h4-9H,3H2,1-2H3,(H,23,24)(H,19,20,21)/p-1/b15-9+. The Morgan fingerprint density at radius 3 is 2.79 bits per heavy atom. The van der Waals surface area contributed by atoms with Crippen molar-refractivity contribution >= 4 is 29.5 Å². The van der Waals surface area contributed by atoms with Crippen molar-refractivity contribution in [3.8, 4) is 11.3 Å². The van der Waals surface area contributed by atoms with Gasteiger partial charge in [-0.1, -0.05) is 13.0 Å². The molecule has 0 spiro atoms. The number of carboxylic acid groups (broad SMARTS) is 1. The molecule has 0 bridgehead atoms. The number of nitrogens with one attached hydrogen (secondary N) is 1. The number of rotatable bonds is 7. The van der Waals surface area contributed by atoms with Crippen LogP contribution < -0.4 is 5.11 Å². The first-order valence-electron chi connectivity index (χ1n) is 8.24. The fourth-order valence-corrected chi connectivity index (χ4v) is 3.12. The molecule has 0 aliphatic rings. The lowest BCUT2D eigenvalue weighted by molar-refractivity contribution is -0.384. The Morgan fingerprint density at radius 2 is 2.14 bits per heavy atom. The van der Waals surface area contributed by atoms with Gasteiger partial charge in [0.05, 0.1) is 16.5 Å². The molecule has 0 fully saturated rings. The molecule has 0 aliphatic heterocycles. The summed E-state index contributed by atoms with van der Waals surface area (Å²) < 4.78 is 5.61. The summed E-state index contributed by atoms with van der Waals surface area (Å²) in [4.78, 5) is 26.2. The van der Waals surface area contributed by atoms with Crippen molar-refractivity contribution in [2.45, 2.75) is 25.4 Å². The summed E-state index contributed by atoms with van der Waals surface area (Å²) in [6.45, 7) is 3.64. The number of nitro groups is 1. The normalized spacial score (nSPS) is 11.6. The number of thioether (sulfide) groups is 1. The zero-order chi connectivity index (χ0) is 20.3. The molecule has 0 atom stereocenters. The van der Waals surface area contributed by atoms with Crippen molar-refractivity contribution in [3.05, 3.63) is 62.5 Å². The van der Waals surface area contributed by atoms with Crippen LogP contribution in [0.2, 0.25) is 0 Å². The first-order valence-corrected chi connectivity index (χ1v) is 9.06. The maximum absolute atomic E-state index is 11.4. The third kappa shape index (κ3) is 4.29. The summed E-state index contributed by atoms with van der Waals surface area (Å²) in [6.07, 6.45) is 1.90. The first-order chi connectivity index (χ1) is 13.4. The number of H-pyrrole nitrogens is 1. The molecule has 3 aromatic rings. The van der Waals surface area contributed by atoms with Gasteiger partial charge in [0.15, 0.2) is 0 Å². The number of aryl methyl sites for hydroxylation is 2. The Kier molecular flexibility index (Phi) is 5.59. The van der Waals surface area contributed by atoms with Gasteiger partial charge in [-0.3, -0.25) is 15.2 Å². The number of hydrogen-bond donors (Lipinski definition) is 1. The van der Waals surface area contributed by atoms with E-state index in [0.717, 1.165) is 17.3 Å². The van der Waals surface area contributed by atoms with Crippen LogP contribution in [0.1, 0.15) is 24.1 Å². The van der Waals surface area contributed by atoms with Crippen LogP contribution in [0.5, 0.6) is 0 Å². The number of aromatic amines is 1. The maximum atomic E-state index is 11.4. The van der Waals surface area contributed by atoms with Gasteiger partial charge in [-0.2, -0.15) is 0 Å². The van der Waals surface area contributed by atoms with E-state index in [-0.39, 0.29) is 27.3 Å². The van der Waals surface area contributed by atoms with E-state index in [2.05, 4.69) is 15.2 Å². The molecule has 0 unspecified atom stereocenters. The molecule has 0 saturated heterocycles. The second-order valence-corrected chi connectivity index (χ2v) is 6.81. The predicted molar refractivity (Wildman–Crippen MR) is 100 cm³/mol. The smallest absolute Gasteiger partial charge is 0.280 e. The van der Waals surface area contributed by atoms with Crippen LogP contribution in [0, 0.1) is 17.0 Å². The summed E-state index contributed by atoms with van der Waals surface area (Å²) in [7, 11) is 0. The van der Waals surface area contributed by atoms with Gasteiger partial charge in [-0.05, 0) is 48.5 Å². The van der Waals surface area contributed by atoms with Crippen molar-refractivity contribution < 1.29 is 19.2 Å². The zero-order valence-corrected chi connectivity index (χ0v) is 15.8. The number of furan rings is 1. The molecular formula is C18H15N4O5S-. The monoisotopic (exact) mass is 399 g/mol. The number of carbonyl (C=O) groups is 1. The van der Waals surface area contributed by atoms with E-state index in [1.54, 1.807) is 25.1 Å². The average molecular weight is 399 g/mol. The van der Waals surface area contributed by atoms with Gasteiger partial charge in [0.2, 0.25) is 5.16 Å². The highest BCUT2D eigenvalue weighted by Gasteiger charge is 2.18. The highest BCUT2D eigenvalue weighted by Crippen LogP contribution is 2.33. The van der Waals surface area contributed by atoms with Crippen LogP contribution in [0.4, 0.5) is 5.69 Å². The number of aromatic nitrogens is 3. The highest BCUT2D eigenvalue weighted by atomic mass is 32.2. The van der Waals surface area contributed by atoms with Crippen molar-refractivity contribution in [2.24, 2.45) is 0 Å². The van der Waals surface area contributed by atoms with E-state index < -0.39 is 10.9 Å². The molecule has 0 saturated carbocycles. The minimum atomic E-state index is -1.41. The fraction of sp³-hybridized carbons (Fsp3) is 0.167. The van der Waals surface area contributed by atoms with Gasteiger partial charge in [0.1, 0.15) is 17.3 Å². The molecule has 3 rings (SSSR count). The Bertz CT molecular complexity index is 1070. The number of nitrogens with zero attached hydrogens (tertiary/aromatic N) is 3. The number of hydrogen-bond acceptors (Lipinski definition) is 8. The van der Waals surface area contributed by atoms with E-state index in [4.69, 9.17) is 4.42 Å². The Hall–Kier alpha value is -3.40. The number of aliphatic carboxylic acids is 1. The van der Waals surface area contributed by atoms with E-state index in [1.165, 1.54) is 18.2 Å². The molecule has 2 heterocycles. The molecule has 0 aliphatic carbocycles. The first kappa shape index (κ1) is 19.4. The maximum Gasteiger partial charge on any atom is 0.280 e. The van der Waals surface area contributed by atoms with Crippen molar-refractivity contribution in [1.29, 1.82) is 0 Å².